The number of hydrogen-bond donors (Lipinski definition) is 0. The quantitative estimate of drug-likeness (QED) is 0.392. The minimum Gasteiger partial charge on any atom is -0.414 e. The van der Waals surface area contributed by atoms with Gasteiger partial charge in [-0.3, -0.25) is 0 Å². The van der Waals surface area contributed by atoms with Crippen LogP contribution in [-0.4, -0.2) is 34.9 Å². The summed E-state index contributed by atoms with van der Waals surface area (Å²) in [4.78, 5) is 0. The highest BCUT2D eigenvalue weighted by Crippen LogP contribution is 2.37. The largest absolute Gasteiger partial charge is 0.414 e. The number of ether oxygens (including phenoxy) is 2. The van der Waals surface area contributed by atoms with Crippen molar-refractivity contribution in [3.63, 3.8) is 0 Å². The number of rotatable bonds is 7. The van der Waals surface area contributed by atoms with Gasteiger partial charge in [-0.05, 0) is 31.5 Å². The van der Waals surface area contributed by atoms with E-state index in [2.05, 4.69) is 40.8 Å². The average molecular weight is 248 g/mol. The zero-order valence-corrected chi connectivity index (χ0v) is 12.9. The fourth-order valence-electron chi connectivity index (χ4n) is 1.13. The van der Waals surface area contributed by atoms with E-state index >= 15 is 0 Å². The first-order valence-electron chi connectivity index (χ1n) is 5.95. The van der Waals surface area contributed by atoms with Gasteiger partial charge in [0.1, 0.15) is 6.79 Å². The molecule has 4 heteroatoms. The second-order valence-electron chi connectivity index (χ2n) is 5.79. The first-order valence-corrected chi connectivity index (χ1v) is 8.86. The lowest BCUT2D eigenvalue weighted by Gasteiger charge is -2.38. The van der Waals surface area contributed by atoms with Crippen LogP contribution in [0.15, 0.2) is 0 Å². The molecule has 0 aromatic rings. The zero-order chi connectivity index (χ0) is 12.8. The molecule has 0 amide bonds. The van der Waals surface area contributed by atoms with Crippen LogP contribution in [0.1, 0.15) is 34.1 Å². The van der Waals surface area contributed by atoms with Gasteiger partial charge in [-0.1, -0.05) is 20.8 Å². The van der Waals surface area contributed by atoms with Crippen molar-refractivity contribution in [3.05, 3.63) is 0 Å². The van der Waals surface area contributed by atoms with Gasteiger partial charge in [0.05, 0.1) is 6.61 Å². The topological polar surface area (TPSA) is 27.7 Å². The lowest BCUT2D eigenvalue weighted by molar-refractivity contribution is -0.0378. The third-order valence-corrected chi connectivity index (χ3v) is 7.78. The summed E-state index contributed by atoms with van der Waals surface area (Å²) in [5.41, 5.74) is 0. The molecule has 0 rings (SSSR count). The fourth-order valence-corrected chi connectivity index (χ4v) is 2.61. The van der Waals surface area contributed by atoms with Crippen LogP contribution >= 0.6 is 0 Å². The molecular formula is C12H28O3Si. The van der Waals surface area contributed by atoms with Gasteiger partial charge < -0.3 is 13.9 Å². The maximum Gasteiger partial charge on any atom is 0.192 e. The fraction of sp³-hybridized carbons (Fsp3) is 1.00. The van der Waals surface area contributed by atoms with Crippen LogP contribution in [0.2, 0.25) is 18.1 Å². The molecule has 3 nitrogen and oxygen atoms in total. The van der Waals surface area contributed by atoms with Gasteiger partial charge in [-0.25, -0.2) is 0 Å². The summed E-state index contributed by atoms with van der Waals surface area (Å²) in [6.45, 7) is 14.5. The molecule has 0 N–H and O–H groups in total. The van der Waals surface area contributed by atoms with Gasteiger partial charge in [0, 0.05) is 13.2 Å². The van der Waals surface area contributed by atoms with Crippen molar-refractivity contribution in [2.75, 3.05) is 20.5 Å². The third-order valence-electron chi connectivity index (χ3n) is 3.17. The average Bonchev–Trinajstić information content (AvgIpc) is 2.10. The first-order chi connectivity index (χ1) is 7.20. The van der Waals surface area contributed by atoms with E-state index in [1.54, 1.807) is 7.11 Å². The van der Waals surface area contributed by atoms with Gasteiger partial charge in [0.15, 0.2) is 8.32 Å². The molecule has 0 saturated heterocycles. The summed E-state index contributed by atoms with van der Waals surface area (Å²) in [7, 11) is 0.0112. The SMILES string of the molecule is COCOCCC(C)O[Si](C)(C)C(C)(C)C. The standard InChI is InChI=1S/C12H28O3Si/c1-11(8-9-14-10-13-5)15-16(6,7)12(2,3)4/h11H,8-10H2,1-7H3. The van der Waals surface area contributed by atoms with E-state index in [4.69, 9.17) is 13.9 Å². The molecule has 0 radical (unpaired) electrons. The van der Waals surface area contributed by atoms with Crippen molar-refractivity contribution in [3.8, 4) is 0 Å². The molecule has 0 aromatic carbocycles. The Hall–Kier alpha value is 0.0969. The molecule has 16 heavy (non-hydrogen) atoms. The van der Waals surface area contributed by atoms with Crippen LogP contribution in [-0.2, 0) is 13.9 Å². The summed E-state index contributed by atoms with van der Waals surface area (Å²) in [5.74, 6) is 0. The molecule has 1 unspecified atom stereocenters. The van der Waals surface area contributed by atoms with E-state index < -0.39 is 8.32 Å². The maximum absolute atomic E-state index is 6.20. The van der Waals surface area contributed by atoms with Gasteiger partial charge in [-0.2, -0.15) is 0 Å². The summed E-state index contributed by atoms with van der Waals surface area (Å²) >= 11 is 0. The first kappa shape index (κ1) is 16.1. The smallest absolute Gasteiger partial charge is 0.192 e. The Labute approximate surface area is 102 Å². The van der Waals surface area contributed by atoms with Crippen molar-refractivity contribution in [2.24, 2.45) is 0 Å². The monoisotopic (exact) mass is 248 g/mol. The van der Waals surface area contributed by atoms with E-state index in [-0.39, 0.29) is 11.1 Å². The highest BCUT2D eigenvalue weighted by molar-refractivity contribution is 6.74. The van der Waals surface area contributed by atoms with Crippen molar-refractivity contribution in [2.45, 2.75) is 58.4 Å². The molecule has 0 saturated carbocycles. The highest BCUT2D eigenvalue weighted by Gasteiger charge is 2.38. The predicted octanol–water partition coefficient (Wildman–Crippen LogP) is 3.41. The maximum atomic E-state index is 6.20. The molecule has 0 aliphatic carbocycles. The van der Waals surface area contributed by atoms with Crippen LogP contribution in [0, 0.1) is 0 Å². The highest BCUT2D eigenvalue weighted by atomic mass is 28.4. The van der Waals surface area contributed by atoms with Crippen LogP contribution < -0.4 is 0 Å². The van der Waals surface area contributed by atoms with Crippen LogP contribution in [0.25, 0.3) is 0 Å². The van der Waals surface area contributed by atoms with Crippen LogP contribution in [0.3, 0.4) is 0 Å². The summed E-state index contributed by atoms with van der Waals surface area (Å²) in [5, 5.41) is 0.272. The van der Waals surface area contributed by atoms with Gasteiger partial charge in [0.2, 0.25) is 0 Å². The molecular weight excluding hydrogens is 220 g/mol. The van der Waals surface area contributed by atoms with Crippen molar-refractivity contribution in [1.29, 1.82) is 0 Å². The Morgan fingerprint density at radius 2 is 1.75 bits per heavy atom. The molecule has 0 spiro atoms. The minimum absolute atomic E-state index is 0.262. The molecule has 0 aliphatic rings. The van der Waals surface area contributed by atoms with Gasteiger partial charge in [0.25, 0.3) is 0 Å². The number of hydrogen-bond acceptors (Lipinski definition) is 3. The Morgan fingerprint density at radius 1 is 1.19 bits per heavy atom. The predicted molar refractivity (Wildman–Crippen MR) is 70.2 cm³/mol. The molecule has 0 aromatic heterocycles. The van der Waals surface area contributed by atoms with Crippen molar-refractivity contribution < 1.29 is 13.9 Å². The van der Waals surface area contributed by atoms with E-state index in [0.717, 1.165) is 6.42 Å². The molecule has 98 valence electrons. The Morgan fingerprint density at radius 3 is 2.19 bits per heavy atom. The lowest BCUT2D eigenvalue weighted by Crippen LogP contribution is -2.43. The van der Waals surface area contributed by atoms with E-state index in [9.17, 15) is 0 Å². The van der Waals surface area contributed by atoms with Crippen molar-refractivity contribution >= 4 is 8.32 Å². The Kier molecular flexibility index (Phi) is 6.78. The molecule has 0 aliphatic heterocycles. The van der Waals surface area contributed by atoms with E-state index in [1.807, 2.05) is 0 Å². The van der Waals surface area contributed by atoms with Crippen molar-refractivity contribution in [1.82, 2.24) is 0 Å². The molecule has 0 fully saturated rings. The van der Waals surface area contributed by atoms with Gasteiger partial charge >= 0.3 is 0 Å². The second kappa shape index (κ2) is 6.74. The minimum atomic E-state index is -1.62. The Bertz CT molecular complexity index is 187. The molecule has 1 atom stereocenters. The molecule has 0 bridgehead atoms. The van der Waals surface area contributed by atoms with Crippen LogP contribution in [0.5, 0.6) is 0 Å². The summed E-state index contributed by atoms with van der Waals surface area (Å²) in [6, 6.07) is 0. The lowest BCUT2D eigenvalue weighted by atomic mass is 10.2. The van der Waals surface area contributed by atoms with Crippen LogP contribution in [0.4, 0.5) is 0 Å². The summed E-state index contributed by atoms with van der Waals surface area (Å²) in [6.07, 6.45) is 1.19. The Balaban J connectivity index is 3.90. The summed E-state index contributed by atoms with van der Waals surface area (Å²) < 4.78 is 16.3. The zero-order valence-electron chi connectivity index (χ0n) is 11.9. The third kappa shape index (κ3) is 5.99. The normalized spacial score (nSPS) is 15.2. The second-order valence-corrected chi connectivity index (χ2v) is 10.5. The number of methoxy groups -OCH3 is 1. The van der Waals surface area contributed by atoms with E-state index in [1.165, 1.54) is 0 Å². The van der Waals surface area contributed by atoms with Gasteiger partial charge in [-0.15, -0.1) is 0 Å². The van der Waals surface area contributed by atoms with E-state index in [0.29, 0.717) is 13.4 Å². The molecule has 0 heterocycles.